The summed E-state index contributed by atoms with van der Waals surface area (Å²) < 4.78 is 13.5. The number of thiophene rings is 1. The van der Waals surface area contributed by atoms with Crippen molar-refractivity contribution in [3.8, 4) is 0 Å². The maximum atomic E-state index is 13.5. The summed E-state index contributed by atoms with van der Waals surface area (Å²) in [5.41, 5.74) is 0.397. The molecule has 0 saturated heterocycles. The van der Waals surface area contributed by atoms with Crippen LogP contribution in [0.2, 0.25) is 5.02 Å². The first-order chi connectivity index (χ1) is 12.4. The number of hydrogen-bond donors (Lipinski definition) is 1. The molecule has 1 aromatic carbocycles. The van der Waals surface area contributed by atoms with Crippen LogP contribution in [0.5, 0.6) is 0 Å². The summed E-state index contributed by atoms with van der Waals surface area (Å²) in [4.78, 5) is 28.3. The fraction of sp³-hybridized carbons (Fsp3) is 0.368. The van der Waals surface area contributed by atoms with Crippen LogP contribution >= 0.6 is 22.9 Å². The molecule has 1 aliphatic carbocycles. The molecule has 7 heteroatoms. The van der Waals surface area contributed by atoms with Gasteiger partial charge < -0.3 is 5.32 Å². The molecule has 1 aliphatic rings. The zero-order valence-corrected chi connectivity index (χ0v) is 16.0. The molecule has 138 valence electrons. The predicted molar refractivity (Wildman–Crippen MR) is 103 cm³/mol. The summed E-state index contributed by atoms with van der Waals surface area (Å²) >= 11 is 7.23. The molecule has 2 aromatic rings. The Kier molecular flexibility index (Phi) is 5.94. The van der Waals surface area contributed by atoms with Crippen LogP contribution in [-0.4, -0.2) is 24.4 Å². The number of nitrogens with zero attached hydrogens (tertiary/aromatic N) is 1. The summed E-state index contributed by atoms with van der Waals surface area (Å²) in [7, 11) is 0. The van der Waals surface area contributed by atoms with Crippen molar-refractivity contribution in [2.24, 2.45) is 0 Å². The third kappa shape index (κ3) is 4.43. The first kappa shape index (κ1) is 18.9. The van der Waals surface area contributed by atoms with Crippen LogP contribution in [0.1, 0.15) is 40.2 Å². The van der Waals surface area contributed by atoms with Gasteiger partial charge in [0.05, 0.1) is 9.90 Å². The van der Waals surface area contributed by atoms with Gasteiger partial charge in [-0.2, -0.15) is 0 Å². The highest BCUT2D eigenvalue weighted by Gasteiger charge is 2.24. The summed E-state index contributed by atoms with van der Waals surface area (Å²) in [6.07, 6.45) is 4.14. The van der Waals surface area contributed by atoms with Gasteiger partial charge in [0, 0.05) is 16.6 Å². The van der Waals surface area contributed by atoms with Crippen molar-refractivity contribution in [1.29, 1.82) is 0 Å². The third-order valence-corrected chi connectivity index (χ3v) is 5.71. The number of carbonyl (C=O) groups excluding carboxylic acids is 2. The Balaban J connectivity index is 1.83. The summed E-state index contributed by atoms with van der Waals surface area (Å²) in [6, 6.07) is 7.79. The number of halogens is 2. The van der Waals surface area contributed by atoms with Gasteiger partial charge in [-0.05, 0) is 50.1 Å². The van der Waals surface area contributed by atoms with Crippen molar-refractivity contribution in [3.05, 3.63) is 50.9 Å². The number of nitrogens with one attached hydrogen (secondary N) is 1. The van der Waals surface area contributed by atoms with Crippen molar-refractivity contribution in [2.75, 3.05) is 11.4 Å². The Bertz CT molecular complexity index is 818. The molecule has 1 aromatic heterocycles. The maximum Gasteiger partial charge on any atom is 0.268 e. The van der Waals surface area contributed by atoms with Crippen LogP contribution in [-0.2, 0) is 4.79 Å². The number of anilines is 1. The van der Waals surface area contributed by atoms with E-state index in [2.05, 4.69) is 5.32 Å². The molecular formula is C19H20ClFN2O2S. The largest absolute Gasteiger partial charge is 0.352 e. The monoisotopic (exact) mass is 394 g/mol. The van der Waals surface area contributed by atoms with Gasteiger partial charge in [0.25, 0.3) is 5.91 Å². The van der Waals surface area contributed by atoms with E-state index in [-0.39, 0.29) is 29.4 Å². The molecule has 1 fully saturated rings. The lowest BCUT2D eigenvalue weighted by atomic mass is 10.2. The zero-order valence-electron chi connectivity index (χ0n) is 14.4. The topological polar surface area (TPSA) is 49.4 Å². The Morgan fingerprint density at radius 2 is 2.00 bits per heavy atom. The SMILES string of the molecule is Cc1ccc(C(=O)N(CC(=O)NC2CCCC2)c2ccc(F)c(Cl)c2)s1. The fourth-order valence-corrected chi connectivity index (χ4v) is 4.09. The lowest BCUT2D eigenvalue weighted by molar-refractivity contribution is -0.120. The molecule has 4 nitrogen and oxygen atoms in total. The molecule has 3 rings (SSSR count). The molecule has 0 spiro atoms. The van der Waals surface area contributed by atoms with Gasteiger partial charge in [0.1, 0.15) is 12.4 Å². The Labute approximate surface area is 161 Å². The van der Waals surface area contributed by atoms with Crippen molar-refractivity contribution in [2.45, 2.75) is 38.6 Å². The Hall–Kier alpha value is -1.92. The molecule has 0 atom stereocenters. The number of benzene rings is 1. The Morgan fingerprint density at radius 1 is 1.27 bits per heavy atom. The molecular weight excluding hydrogens is 375 g/mol. The van der Waals surface area contributed by atoms with Crippen LogP contribution in [0.15, 0.2) is 30.3 Å². The van der Waals surface area contributed by atoms with Crippen LogP contribution in [0.25, 0.3) is 0 Å². The second kappa shape index (κ2) is 8.18. The van der Waals surface area contributed by atoms with E-state index in [0.29, 0.717) is 10.6 Å². The van der Waals surface area contributed by atoms with Crippen molar-refractivity contribution < 1.29 is 14.0 Å². The number of rotatable bonds is 5. The molecule has 1 N–H and O–H groups in total. The number of hydrogen-bond acceptors (Lipinski definition) is 3. The van der Waals surface area contributed by atoms with Crippen LogP contribution in [0, 0.1) is 12.7 Å². The van der Waals surface area contributed by atoms with Gasteiger partial charge in [-0.15, -0.1) is 11.3 Å². The highest BCUT2D eigenvalue weighted by atomic mass is 35.5. The van der Waals surface area contributed by atoms with E-state index in [1.165, 1.54) is 34.4 Å². The minimum absolute atomic E-state index is 0.0844. The number of aryl methyl sites for hydroxylation is 1. The zero-order chi connectivity index (χ0) is 18.7. The molecule has 0 unspecified atom stereocenters. The second-order valence-electron chi connectivity index (χ2n) is 6.45. The molecule has 1 heterocycles. The summed E-state index contributed by atoms with van der Waals surface area (Å²) in [5.74, 6) is -1.09. The van der Waals surface area contributed by atoms with E-state index in [0.717, 1.165) is 30.6 Å². The van der Waals surface area contributed by atoms with Crippen molar-refractivity contribution in [1.82, 2.24) is 5.32 Å². The van der Waals surface area contributed by atoms with E-state index >= 15 is 0 Å². The minimum atomic E-state index is -0.565. The van der Waals surface area contributed by atoms with Crippen LogP contribution in [0.3, 0.4) is 0 Å². The first-order valence-corrected chi connectivity index (χ1v) is 9.76. The quantitative estimate of drug-likeness (QED) is 0.808. The van der Waals surface area contributed by atoms with E-state index in [1.54, 1.807) is 6.07 Å². The molecule has 2 amide bonds. The van der Waals surface area contributed by atoms with Gasteiger partial charge in [-0.25, -0.2) is 4.39 Å². The first-order valence-electron chi connectivity index (χ1n) is 8.57. The van der Waals surface area contributed by atoms with E-state index < -0.39 is 5.82 Å². The normalized spacial score (nSPS) is 14.4. The van der Waals surface area contributed by atoms with Crippen LogP contribution in [0.4, 0.5) is 10.1 Å². The van der Waals surface area contributed by atoms with E-state index in [1.807, 2.05) is 13.0 Å². The molecule has 26 heavy (non-hydrogen) atoms. The average Bonchev–Trinajstić information content (AvgIpc) is 3.26. The number of amides is 2. The average molecular weight is 395 g/mol. The van der Waals surface area contributed by atoms with Gasteiger partial charge in [0.2, 0.25) is 5.91 Å². The lowest BCUT2D eigenvalue weighted by Gasteiger charge is -2.23. The standard InChI is InChI=1S/C19H20ClFN2O2S/c1-12-6-9-17(26-12)19(25)23(14-7-8-16(21)15(20)10-14)11-18(24)22-13-4-2-3-5-13/h6-10,13H,2-5,11H2,1H3,(H,22,24). The Morgan fingerprint density at radius 3 is 2.62 bits per heavy atom. The van der Waals surface area contributed by atoms with Gasteiger partial charge in [-0.1, -0.05) is 24.4 Å². The smallest absolute Gasteiger partial charge is 0.268 e. The highest BCUT2D eigenvalue weighted by molar-refractivity contribution is 7.14. The fourth-order valence-electron chi connectivity index (χ4n) is 3.10. The predicted octanol–water partition coefficient (Wildman–Crippen LogP) is 4.55. The summed E-state index contributed by atoms with van der Waals surface area (Å²) in [6.45, 7) is 1.78. The van der Waals surface area contributed by atoms with Gasteiger partial charge in [0.15, 0.2) is 0 Å². The molecule has 0 radical (unpaired) electrons. The van der Waals surface area contributed by atoms with Crippen LogP contribution < -0.4 is 10.2 Å². The van der Waals surface area contributed by atoms with Gasteiger partial charge >= 0.3 is 0 Å². The van der Waals surface area contributed by atoms with Crippen molar-refractivity contribution >= 4 is 40.4 Å². The minimum Gasteiger partial charge on any atom is -0.352 e. The maximum absolute atomic E-state index is 13.5. The molecule has 1 saturated carbocycles. The molecule has 0 bridgehead atoms. The number of carbonyl (C=O) groups is 2. The highest BCUT2D eigenvalue weighted by Crippen LogP contribution is 2.26. The van der Waals surface area contributed by atoms with Gasteiger partial charge in [-0.3, -0.25) is 14.5 Å². The lowest BCUT2D eigenvalue weighted by Crippen LogP contribution is -2.43. The second-order valence-corrected chi connectivity index (χ2v) is 8.14. The molecule has 0 aliphatic heterocycles. The van der Waals surface area contributed by atoms with Crippen molar-refractivity contribution in [3.63, 3.8) is 0 Å². The third-order valence-electron chi connectivity index (χ3n) is 4.43. The van der Waals surface area contributed by atoms with E-state index in [4.69, 9.17) is 11.6 Å². The van der Waals surface area contributed by atoms with E-state index in [9.17, 15) is 14.0 Å². The summed E-state index contributed by atoms with van der Waals surface area (Å²) in [5, 5.41) is 2.90.